The SMILES string of the molecule is CCOc1ccccc1C(=O)CSc1cc(C)nc2c(-c3ccccc3)c(C)nn12. The predicted octanol–water partition coefficient (Wildman–Crippen LogP) is 5.39. The van der Waals surface area contributed by atoms with Crippen LogP contribution in [0.5, 0.6) is 5.75 Å². The lowest BCUT2D eigenvalue weighted by atomic mass is 10.1. The molecule has 0 N–H and O–H groups in total. The van der Waals surface area contributed by atoms with Gasteiger partial charge in [-0.25, -0.2) is 9.50 Å². The Bertz CT molecular complexity index is 1200. The van der Waals surface area contributed by atoms with E-state index in [4.69, 9.17) is 14.8 Å². The molecule has 2 aromatic heterocycles. The molecule has 2 heterocycles. The van der Waals surface area contributed by atoms with E-state index in [-0.39, 0.29) is 5.78 Å². The molecule has 0 saturated carbocycles. The van der Waals surface area contributed by atoms with E-state index >= 15 is 0 Å². The van der Waals surface area contributed by atoms with E-state index in [1.54, 1.807) is 0 Å². The average Bonchev–Trinajstić information content (AvgIpc) is 3.08. The minimum Gasteiger partial charge on any atom is -0.493 e. The Morgan fingerprint density at radius 3 is 2.57 bits per heavy atom. The fraction of sp³-hybridized carbons (Fsp3) is 0.208. The van der Waals surface area contributed by atoms with Gasteiger partial charge in [-0.05, 0) is 44.5 Å². The molecule has 0 bridgehead atoms. The van der Waals surface area contributed by atoms with Gasteiger partial charge in [0.1, 0.15) is 10.8 Å². The topological polar surface area (TPSA) is 56.5 Å². The molecule has 0 fully saturated rings. The van der Waals surface area contributed by atoms with Gasteiger partial charge in [0.2, 0.25) is 0 Å². The summed E-state index contributed by atoms with van der Waals surface area (Å²) in [4.78, 5) is 17.6. The van der Waals surface area contributed by atoms with E-state index in [2.05, 4.69) is 12.1 Å². The first-order valence-electron chi connectivity index (χ1n) is 9.88. The third-order valence-corrected chi connectivity index (χ3v) is 5.75. The highest BCUT2D eigenvalue weighted by Gasteiger charge is 2.18. The van der Waals surface area contributed by atoms with Gasteiger partial charge in [0.25, 0.3) is 0 Å². The number of nitrogens with zero attached hydrogens (tertiary/aromatic N) is 3. The minimum atomic E-state index is 0.0267. The standard InChI is InChI=1S/C24H23N3O2S/c1-4-29-21-13-9-8-12-19(21)20(28)15-30-22-14-16(2)25-24-23(17(3)26-27(22)24)18-10-6-5-7-11-18/h5-14H,4,15H2,1-3H3. The van der Waals surface area contributed by atoms with Crippen molar-refractivity contribution in [1.82, 2.24) is 14.6 Å². The Hall–Kier alpha value is -3.12. The molecule has 0 atom stereocenters. The third-order valence-electron chi connectivity index (χ3n) is 4.76. The Labute approximate surface area is 180 Å². The summed E-state index contributed by atoms with van der Waals surface area (Å²) < 4.78 is 7.45. The zero-order valence-electron chi connectivity index (χ0n) is 17.3. The Kier molecular flexibility index (Phi) is 5.86. The molecule has 4 aromatic rings. The average molecular weight is 418 g/mol. The number of carbonyl (C=O) groups excluding carboxylic acids is 1. The van der Waals surface area contributed by atoms with Crippen molar-refractivity contribution in [3.8, 4) is 16.9 Å². The van der Waals surface area contributed by atoms with Gasteiger partial charge in [-0.3, -0.25) is 4.79 Å². The monoisotopic (exact) mass is 417 g/mol. The number of ether oxygens (including phenoxy) is 1. The van der Waals surface area contributed by atoms with Gasteiger partial charge >= 0.3 is 0 Å². The van der Waals surface area contributed by atoms with Crippen LogP contribution in [0, 0.1) is 13.8 Å². The summed E-state index contributed by atoms with van der Waals surface area (Å²) in [5, 5.41) is 5.62. The number of hydrogen-bond acceptors (Lipinski definition) is 5. The third kappa shape index (κ3) is 3.96. The molecule has 0 saturated heterocycles. The van der Waals surface area contributed by atoms with Gasteiger partial charge in [-0.15, -0.1) is 0 Å². The second-order valence-electron chi connectivity index (χ2n) is 6.94. The van der Waals surface area contributed by atoms with E-state index in [9.17, 15) is 4.79 Å². The van der Waals surface area contributed by atoms with Crippen molar-refractivity contribution >= 4 is 23.2 Å². The van der Waals surface area contributed by atoms with Crippen LogP contribution in [0.25, 0.3) is 16.8 Å². The van der Waals surface area contributed by atoms with E-state index in [0.717, 1.165) is 33.2 Å². The first-order valence-corrected chi connectivity index (χ1v) is 10.9. The van der Waals surface area contributed by atoms with Gasteiger partial charge in [-0.2, -0.15) is 5.10 Å². The summed E-state index contributed by atoms with van der Waals surface area (Å²) in [6.07, 6.45) is 0. The lowest BCUT2D eigenvalue weighted by Gasteiger charge is -2.10. The second kappa shape index (κ2) is 8.71. The predicted molar refractivity (Wildman–Crippen MR) is 121 cm³/mol. The maximum Gasteiger partial charge on any atom is 0.176 e. The van der Waals surface area contributed by atoms with Crippen molar-refractivity contribution in [2.45, 2.75) is 25.8 Å². The normalized spacial score (nSPS) is 11.0. The van der Waals surface area contributed by atoms with E-state index in [1.807, 2.05) is 73.8 Å². The maximum atomic E-state index is 12.9. The van der Waals surface area contributed by atoms with Crippen LogP contribution in [0.2, 0.25) is 0 Å². The lowest BCUT2D eigenvalue weighted by molar-refractivity contribution is 0.101. The molecule has 0 unspecified atom stereocenters. The molecule has 0 amide bonds. The Morgan fingerprint density at radius 1 is 1.07 bits per heavy atom. The summed E-state index contributed by atoms with van der Waals surface area (Å²) in [5.74, 6) is 0.948. The lowest BCUT2D eigenvalue weighted by Crippen LogP contribution is -2.07. The van der Waals surface area contributed by atoms with Crippen LogP contribution in [0.3, 0.4) is 0 Å². The highest BCUT2D eigenvalue weighted by molar-refractivity contribution is 7.99. The Balaban J connectivity index is 1.67. The van der Waals surface area contributed by atoms with Gasteiger partial charge in [0.05, 0.1) is 23.6 Å². The van der Waals surface area contributed by atoms with Crippen molar-refractivity contribution < 1.29 is 9.53 Å². The van der Waals surface area contributed by atoms with Crippen molar-refractivity contribution in [1.29, 1.82) is 0 Å². The summed E-state index contributed by atoms with van der Waals surface area (Å²) in [7, 11) is 0. The molecule has 30 heavy (non-hydrogen) atoms. The van der Waals surface area contributed by atoms with Crippen LogP contribution in [0.1, 0.15) is 28.7 Å². The Morgan fingerprint density at radius 2 is 1.80 bits per heavy atom. The van der Waals surface area contributed by atoms with Gasteiger partial charge in [0, 0.05) is 11.3 Å². The minimum absolute atomic E-state index is 0.0267. The number of fused-ring (bicyclic) bond motifs is 1. The van der Waals surface area contributed by atoms with Crippen LogP contribution in [0.15, 0.2) is 65.7 Å². The molecule has 4 rings (SSSR count). The fourth-order valence-electron chi connectivity index (χ4n) is 3.45. The maximum absolute atomic E-state index is 12.9. The fourth-order valence-corrected chi connectivity index (χ4v) is 4.39. The number of thioether (sulfide) groups is 1. The number of hydrogen-bond donors (Lipinski definition) is 0. The van der Waals surface area contributed by atoms with Crippen molar-refractivity contribution in [3.63, 3.8) is 0 Å². The largest absolute Gasteiger partial charge is 0.493 e. The molecule has 0 aliphatic rings. The van der Waals surface area contributed by atoms with E-state index in [0.29, 0.717) is 23.7 Å². The number of rotatable bonds is 7. The highest BCUT2D eigenvalue weighted by Crippen LogP contribution is 2.31. The van der Waals surface area contributed by atoms with Crippen molar-refractivity contribution in [2.75, 3.05) is 12.4 Å². The molecular formula is C24H23N3O2S. The zero-order valence-corrected chi connectivity index (χ0v) is 18.1. The molecule has 0 spiro atoms. The number of benzene rings is 2. The summed E-state index contributed by atoms with van der Waals surface area (Å²) in [6.45, 7) is 6.39. The smallest absolute Gasteiger partial charge is 0.176 e. The summed E-state index contributed by atoms with van der Waals surface area (Å²) in [5.41, 5.74) is 5.33. The number of carbonyl (C=O) groups is 1. The van der Waals surface area contributed by atoms with Crippen LogP contribution < -0.4 is 4.74 Å². The summed E-state index contributed by atoms with van der Waals surface area (Å²) in [6, 6.07) is 19.5. The molecule has 5 nitrogen and oxygen atoms in total. The number of aryl methyl sites for hydroxylation is 2. The molecule has 2 aromatic carbocycles. The van der Waals surface area contributed by atoms with Crippen LogP contribution >= 0.6 is 11.8 Å². The van der Waals surface area contributed by atoms with E-state index in [1.165, 1.54) is 11.8 Å². The van der Waals surface area contributed by atoms with Gasteiger partial charge in [-0.1, -0.05) is 54.2 Å². The molecule has 6 heteroatoms. The number of Topliss-reactive ketones (excluding diaryl/α,β-unsaturated/α-hetero) is 1. The van der Waals surface area contributed by atoms with Crippen LogP contribution in [-0.4, -0.2) is 32.7 Å². The molecule has 0 radical (unpaired) electrons. The number of ketones is 1. The number of aromatic nitrogens is 3. The second-order valence-corrected chi connectivity index (χ2v) is 7.93. The quantitative estimate of drug-likeness (QED) is 0.229. The van der Waals surface area contributed by atoms with Crippen LogP contribution in [-0.2, 0) is 0 Å². The molecule has 0 aliphatic heterocycles. The van der Waals surface area contributed by atoms with Crippen molar-refractivity contribution in [2.24, 2.45) is 0 Å². The van der Waals surface area contributed by atoms with Gasteiger partial charge in [0.15, 0.2) is 11.4 Å². The molecule has 0 aliphatic carbocycles. The first-order chi connectivity index (χ1) is 14.6. The van der Waals surface area contributed by atoms with E-state index < -0.39 is 0 Å². The zero-order chi connectivity index (χ0) is 21.1. The van der Waals surface area contributed by atoms with Gasteiger partial charge < -0.3 is 4.74 Å². The number of para-hydroxylation sites is 1. The van der Waals surface area contributed by atoms with Crippen LogP contribution in [0.4, 0.5) is 0 Å². The first kappa shape index (κ1) is 20.2. The summed E-state index contributed by atoms with van der Waals surface area (Å²) >= 11 is 1.47. The highest BCUT2D eigenvalue weighted by atomic mass is 32.2. The molecule has 152 valence electrons. The van der Waals surface area contributed by atoms with Crippen molar-refractivity contribution in [3.05, 3.63) is 77.6 Å². The molecular weight excluding hydrogens is 394 g/mol.